The highest BCUT2D eigenvalue weighted by Gasteiger charge is 2.14. The van der Waals surface area contributed by atoms with Gasteiger partial charge < -0.3 is 9.15 Å². The molecule has 0 bridgehead atoms. The average Bonchev–Trinajstić information content (AvgIpc) is 3.13. The molecule has 0 unspecified atom stereocenters. The number of halogens is 1. The smallest absolute Gasteiger partial charge is 0.202 e. The summed E-state index contributed by atoms with van der Waals surface area (Å²) in [4.78, 5) is 17.4. The molecule has 0 radical (unpaired) electrons. The molecule has 4 nitrogen and oxygen atoms in total. The molecule has 142 valence electrons. The number of ether oxygens (including phenoxy) is 1. The van der Waals surface area contributed by atoms with E-state index in [0.29, 0.717) is 39.6 Å². The van der Waals surface area contributed by atoms with Crippen LogP contribution in [0.3, 0.4) is 0 Å². The molecule has 2 heterocycles. The van der Waals surface area contributed by atoms with Crippen LogP contribution in [0.4, 0.5) is 0 Å². The summed E-state index contributed by atoms with van der Waals surface area (Å²) in [6.07, 6.45) is 2.22. The molecule has 2 aromatic carbocycles. The van der Waals surface area contributed by atoms with Crippen molar-refractivity contribution in [3.63, 3.8) is 0 Å². The second-order valence-corrected chi connectivity index (χ2v) is 7.95. The van der Waals surface area contributed by atoms with E-state index in [1.165, 1.54) is 17.6 Å². The van der Waals surface area contributed by atoms with Gasteiger partial charge in [-0.2, -0.15) is 0 Å². The molecule has 0 saturated carbocycles. The third-order valence-electron chi connectivity index (χ3n) is 4.54. The summed E-state index contributed by atoms with van der Waals surface area (Å²) >= 11 is 7.44. The summed E-state index contributed by atoms with van der Waals surface area (Å²) in [5, 5.41) is 4.02. The molecule has 4 aromatic rings. The number of rotatable bonds is 5. The van der Waals surface area contributed by atoms with E-state index in [2.05, 4.69) is 4.98 Å². The Balaban J connectivity index is 1.71. The van der Waals surface area contributed by atoms with Crippen LogP contribution in [0.5, 0.6) is 5.75 Å². The Hall–Kier alpha value is -2.63. The van der Waals surface area contributed by atoms with Gasteiger partial charge in [0.15, 0.2) is 0 Å². The van der Waals surface area contributed by atoms with Gasteiger partial charge in [0.2, 0.25) is 5.43 Å². The van der Waals surface area contributed by atoms with Gasteiger partial charge in [0.05, 0.1) is 21.7 Å². The number of benzene rings is 2. The largest absolute Gasteiger partial charge is 0.488 e. The summed E-state index contributed by atoms with van der Waals surface area (Å²) in [6.45, 7) is 4.36. The zero-order chi connectivity index (χ0) is 19.7. The first kappa shape index (κ1) is 18.7. The molecule has 0 aliphatic rings. The number of fused-ring (bicyclic) bond motifs is 1. The lowest BCUT2D eigenvalue weighted by atomic mass is 10.1. The van der Waals surface area contributed by atoms with Gasteiger partial charge in [-0.1, -0.05) is 30.7 Å². The molecular formula is C22H18ClNO3S. The molecule has 0 aliphatic carbocycles. The number of thiazole rings is 1. The van der Waals surface area contributed by atoms with Gasteiger partial charge in [-0.05, 0) is 42.7 Å². The molecule has 0 amide bonds. The number of aromatic nitrogens is 1. The monoisotopic (exact) mass is 411 g/mol. The van der Waals surface area contributed by atoms with Gasteiger partial charge in [-0.3, -0.25) is 4.79 Å². The van der Waals surface area contributed by atoms with Crippen molar-refractivity contribution >= 4 is 33.9 Å². The average molecular weight is 412 g/mol. The van der Waals surface area contributed by atoms with E-state index < -0.39 is 0 Å². The van der Waals surface area contributed by atoms with Gasteiger partial charge in [0.1, 0.15) is 24.2 Å². The topological polar surface area (TPSA) is 52.3 Å². The van der Waals surface area contributed by atoms with E-state index in [-0.39, 0.29) is 5.43 Å². The predicted molar refractivity (Wildman–Crippen MR) is 113 cm³/mol. The third-order valence-corrected chi connectivity index (χ3v) is 5.56. The Labute approximate surface area is 171 Å². The molecule has 0 spiro atoms. The van der Waals surface area contributed by atoms with Crippen LogP contribution < -0.4 is 10.2 Å². The number of nitrogens with zero attached hydrogens (tertiary/aromatic N) is 1. The first-order valence-electron chi connectivity index (χ1n) is 8.93. The van der Waals surface area contributed by atoms with E-state index >= 15 is 0 Å². The maximum atomic E-state index is 13.0. The lowest BCUT2D eigenvalue weighted by Gasteiger charge is -2.12. The van der Waals surface area contributed by atoms with Gasteiger partial charge in [-0.15, -0.1) is 11.3 Å². The Morgan fingerprint density at radius 1 is 1.21 bits per heavy atom. The summed E-state index contributed by atoms with van der Waals surface area (Å²) in [7, 11) is 0. The van der Waals surface area contributed by atoms with Crippen LogP contribution in [0.15, 0.2) is 57.3 Å². The van der Waals surface area contributed by atoms with Gasteiger partial charge in [0, 0.05) is 16.5 Å². The van der Waals surface area contributed by atoms with Crippen LogP contribution in [0.2, 0.25) is 5.02 Å². The summed E-state index contributed by atoms with van der Waals surface area (Å²) in [5.74, 6) is 0.713. The second kappa shape index (κ2) is 7.78. The zero-order valence-corrected chi connectivity index (χ0v) is 17.1. The molecule has 0 saturated heterocycles. The van der Waals surface area contributed by atoms with Crippen LogP contribution in [0, 0.1) is 6.92 Å². The number of hydrogen-bond donors (Lipinski definition) is 0. The molecule has 0 aliphatic heterocycles. The minimum Gasteiger partial charge on any atom is -0.488 e. The molecule has 6 heteroatoms. The Kier molecular flexibility index (Phi) is 5.20. The minimum atomic E-state index is -0.0782. The fourth-order valence-electron chi connectivity index (χ4n) is 3.02. The van der Waals surface area contributed by atoms with Crippen molar-refractivity contribution in [2.45, 2.75) is 26.9 Å². The maximum Gasteiger partial charge on any atom is 0.202 e. The van der Waals surface area contributed by atoms with Gasteiger partial charge >= 0.3 is 0 Å². The van der Waals surface area contributed by atoms with Crippen molar-refractivity contribution in [2.75, 3.05) is 0 Å². The summed E-state index contributed by atoms with van der Waals surface area (Å²) in [5.41, 5.74) is 3.53. The molecule has 28 heavy (non-hydrogen) atoms. The maximum absolute atomic E-state index is 13.0. The summed E-state index contributed by atoms with van der Waals surface area (Å²) < 4.78 is 11.8. The van der Waals surface area contributed by atoms with Crippen molar-refractivity contribution in [1.82, 2.24) is 4.98 Å². The lowest BCUT2D eigenvalue weighted by molar-refractivity contribution is 0.303. The van der Waals surface area contributed by atoms with Gasteiger partial charge in [-0.25, -0.2) is 4.98 Å². The molecule has 0 N–H and O–H groups in total. The highest BCUT2D eigenvalue weighted by molar-refractivity contribution is 7.09. The lowest BCUT2D eigenvalue weighted by Crippen LogP contribution is -2.06. The Bertz CT molecular complexity index is 1190. The fourth-order valence-corrected chi connectivity index (χ4v) is 3.76. The third kappa shape index (κ3) is 3.68. The molecule has 0 fully saturated rings. The van der Waals surface area contributed by atoms with Crippen molar-refractivity contribution in [3.8, 4) is 17.0 Å². The number of hydrogen-bond acceptors (Lipinski definition) is 5. The Morgan fingerprint density at radius 2 is 2.00 bits per heavy atom. The molecular weight excluding hydrogens is 394 g/mol. The van der Waals surface area contributed by atoms with E-state index in [1.54, 1.807) is 6.07 Å². The number of aryl methyl sites for hydroxylation is 2. The first-order chi connectivity index (χ1) is 13.5. The Morgan fingerprint density at radius 3 is 2.68 bits per heavy atom. The first-order valence-corrected chi connectivity index (χ1v) is 10.2. The normalized spacial score (nSPS) is 11.1. The highest BCUT2D eigenvalue weighted by atomic mass is 35.5. The standard InChI is InChI=1S/C22H18ClNO3S/c1-3-15-8-17-21(9-20(15)26-10-14-4-6-16(23)7-5-14)27-11-18(22(17)25)19-12-28-13(2)24-19/h4-9,11-12H,3,10H2,1-2H3. The summed E-state index contributed by atoms with van der Waals surface area (Å²) in [6, 6.07) is 11.2. The van der Waals surface area contributed by atoms with E-state index in [1.807, 2.05) is 49.6 Å². The second-order valence-electron chi connectivity index (χ2n) is 6.46. The van der Waals surface area contributed by atoms with E-state index in [4.69, 9.17) is 20.8 Å². The van der Waals surface area contributed by atoms with Crippen molar-refractivity contribution in [2.24, 2.45) is 0 Å². The quantitative estimate of drug-likeness (QED) is 0.403. The SMILES string of the molecule is CCc1cc2c(=O)c(-c3csc(C)n3)coc2cc1OCc1ccc(Cl)cc1. The predicted octanol–water partition coefficient (Wildman–Crippen LogP) is 6.02. The van der Waals surface area contributed by atoms with Crippen LogP contribution >= 0.6 is 22.9 Å². The van der Waals surface area contributed by atoms with Gasteiger partial charge in [0.25, 0.3) is 0 Å². The van der Waals surface area contributed by atoms with Crippen molar-refractivity contribution in [3.05, 3.63) is 79.4 Å². The molecule has 4 rings (SSSR count). The van der Waals surface area contributed by atoms with Crippen LogP contribution in [0.25, 0.3) is 22.2 Å². The fraction of sp³-hybridized carbons (Fsp3) is 0.182. The highest BCUT2D eigenvalue weighted by Crippen LogP contribution is 2.28. The van der Waals surface area contributed by atoms with Crippen molar-refractivity contribution in [1.29, 1.82) is 0 Å². The van der Waals surface area contributed by atoms with Crippen LogP contribution in [0.1, 0.15) is 23.1 Å². The van der Waals surface area contributed by atoms with E-state index in [9.17, 15) is 4.79 Å². The van der Waals surface area contributed by atoms with Crippen LogP contribution in [-0.4, -0.2) is 4.98 Å². The minimum absolute atomic E-state index is 0.0782. The van der Waals surface area contributed by atoms with E-state index in [0.717, 1.165) is 22.6 Å². The molecule has 0 atom stereocenters. The van der Waals surface area contributed by atoms with Crippen LogP contribution in [-0.2, 0) is 13.0 Å². The zero-order valence-electron chi connectivity index (χ0n) is 15.5. The van der Waals surface area contributed by atoms with Crippen molar-refractivity contribution < 1.29 is 9.15 Å². The molecule has 2 aromatic heterocycles.